The molecule has 6 heteroatoms. The van der Waals surface area contributed by atoms with Gasteiger partial charge in [0.2, 0.25) is 0 Å². The zero-order valence-electron chi connectivity index (χ0n) is 15.2. The molecule has 0 saturated heterocycles. The van der Waals surface area contributed by atoms with Gasteiger partial charge in [0.25, 0.3) is 0 Å². The molecule has 0 spiro atoms. The van der Waals surface area contributed by atoms with Crippen molar-refractivity contribution in [2.24, 2.45) is 16.8 Å². The Bertz CT molecular complexity index is 624. The Labute approximate surface area is 148 Å². The third kappa shape index (κ3) is 6.14. The van der Waals surface area contributed by atoms with Crippen LogP contribution in [0.3, 0.4) is 0 Å². The predicted molar refractivity (Wildman–Crippen MR) is 94.2 cm³/mol. The molecule has 25 heavy (non-hydrogen) atoms. The lowest BCUT2D eigenvalue weighted by Gasteiger charge is -2.20. The van der Waals surface area contributed by atoms with Crippen LogP contribution in [-0.2, 0) is 30.4 Å². The van der Waals surface area contributed by atoms with Gasteiger partial charge >= 0.3 is 11.9 Å². The minimum atomic E-state index is -1.21. The van der Waals surface area contributed by atoms with Crippen molar-refractivity contribution in [1.82, 2.24) is 0 Å². The Morgan fingerprint density at radius 2 is 1.56 bits per heavy atom. The fourth-order valence-corrected chi connectivity index (χ4v) is 2.35. The summed E-state index contributed by atoms with van der Waals surface area (Å²) in [5.41, 5.74) is 1.08. The highest BCUT2D eigenvalue weighted by molar-refractivity contribution is 6.22. The molecule has 0 heterocycles. The molecule has 0 aliphatic heterocycles. The van der Waals surface area contributed by atoms with E-state index in [1.54, 1.807) is 20.8 Å². The lowest BCUT2D eigenvalue weighted by atomic mass is 9.89. The lowest BCUT2D eigenvalue weighted by Crippen LogP contribution is -2.38. The van der Waals surface area contributed by atoms with Gasteiger partial charge in [0, 0.05) is 5.71 Å². The van der Waals surface area contributed by atoms with E-state index in [1.165, 1.54) is 6.92 Å². The first-order chi connectivity index (χ1) is 11.9. The average Bonchev–Trinajstić information content (AvgIpc) is 2.58. The van der Waals surface area contributed by atoms with Crippen molar-refractivity contribution in [3.05, 3.63) is 35.9 Å². The first-order valence-corrected chi connectivity index (χ1v) is 8.34. The number of nitrogens with zero attached hydrogens (tertiary/aromatic N) is 1. The third-order valence-electron chi connectivity index (χ3n) is 3.60. The van der Waals surface area contributed by atoms with Crippen molar-refractivity contribution >= 4 is 23.4 Å². The summed E-state index contributed by atoms with van der Waals surface area (Å²) in [5, 5.41) is 0. The molecule has 1 aromatic carbocycles. The Hall–Kier alpha value is -2.50. The molecule has 1 rings (SSSR count). The molecule has 0 fully saturated rings. The monoisotopic (exact) mass is 347 g/mol. The van der Waals surface area contributed by atoms with E-state index < -0.39 is 29.6 Å². The minimum Gasteiger partial charge on any atom is -0.465 e. The summed E-state index contributed by atoms with van der Waals surface area (Å²) in [5.74, 6) is -3.66. The number of carbonyl (C=O) groups is 3. The van der Waals surface area contributed by atoms with Crippen LogP contribution in [0.4, 0.5) is 0 Å². The molecular formula is C19H25NO5. The van der Waals surface area contributed by atoms with Crippen molar-refractivity contribution in [2.45, 2.75) is 34.2 Å². The SMILES string of the molecule is CCOC(=O)C(C)C(=NCc1ccccc1)C(C(C)=O)C(=O)OCC. The molecule has 2 atom stereocenters. The Kier molecular flexibility index (Phi) is 8.53. The van der Waals surface area contributed by atoms with Crippen LogP contribution in [0.1, 0.15) is 33.3 Å². The smallest absolute Gasteiger partial charge is 0.322 e. The summed E-state index contributed by atoms with van der Waals surface area (Å²) >= 11 is 0. The summed E-state index contributed by atoms with van der Waals surface area (Å²) in [7, 11) is 0. The molecule has 0 aromatic heterocycles. The third-order valence-corrected chi connectivity index (χ3v) is 3.60. The van der Waals surface area contributed by atoms with Crippen LogP contribution < -0.4 is 0 Å². The van der Waals surface area contributed by atoms with E-state index in [-0.39, 0.29) is 25.5 Å². The van der Waals surface area contributed by atoms with Crippen LogP contribution in [0.15, 0.2) is 35.3 Å². The van der Waals surface area contributed by atoms with E-state index in [1.807, 2.05) is 30.3 Å². The summed E-state index contributed by atoms with van der Waals surface area (Å²) in [6, 6.07) is 9.37. The van der Waals surface area contributed by atoms with Gasteiger partial charge in [0.15, 0.2) is 5.92 Å². The predicted octanol–water partition coefficient (Wildman–Crippen LogP) is 2.60. The number of hydrogen-bond acceptors (Lipinski definition) is 6. The first-order valence-electron chi connectivity index (χ1n) is 8.34. The number of rotatable bonds is 9. The number of benzene rings is 1. The number of ketones is 1. The van der Waals surface area contributed by atoms with Gasteiger partial charge in [0.05, 0.1) is 25.7 Å². The van der Waals surface area contributed by atoms with Crippen LogP contribution >= 0.6 is 0 Å². The molecule has 136 valence electrons. The number of Topliss-reactive ketones (excluding diaryl/α,β-unsaturated/α-hetero) is 1. The Morgan fingerprint density at radius 3 is 2.08 bits per heavy atom. The molecule has 0 aliphatic carbocycles. The number of hydrogen-bond donors (Lipinski definition) is 0. The number of ether oxygens (including phenoxy) is 2. The molecule has 0 N–H and O–H groups in total. The van der Waals surface area contributed by atoms with Crippen molar-refractivity contribution < 1.29 is 23.9 Å². The van der Waals surface area contributed by atoms with Gasteiger partial charge in [-0.3, -0.25) is 19.4 Å². The van der Waals surface area contributed by atoms with Crippen LogP contribution in [0.25, 0.3) is 0 Å². The van der Waals surface area contributed by atoms with E-state index >= 15 is 0 Å². The summed E-state index contributed by atoms with van der Waals surface area (Å²) < 4.78 is 10.0. The van der Waals surface area contributed by atoms with E-state index in [0.29, 0.717) is 0 Å². The zero-order valence-corrected chi connectivity index (χ0v) is 15.2. The van der Waals surface area contributed by atoms with Gasteiger partial charge in [0.1, 0.15) is 5.78 Å². The fraction of sp³-hybridized carbons (Fsp3) is 0.474. The summed E-state index contributed by atoms with van der Waals surface area (Å²) in [4.78, 5) is 40.9. The van der Waals surface area contributed by atoms with Gasteiger partial charge < -0.3 is 9.47 Å². The highest BCUT2D eigenvalue weighted by Crippen LogP contribution is 2.17. The average molecular weight is 347 g/mol. The normalized spacial score (nSPS) is 13.7. The molecule has 1 aromatic rings. The number of aliphatic imine (C=N–C) groups is 1. The molecule has 0 radical (unpaired) electrons. The highest BCUT2D eigenvalue weighted by Gasteiger charge is 2.36. The van der Waals surface area contributed by atoms with E-state index in [2.05, 4.69) is 4.99 Å². The van der Waals surface area contributed by atoms with Crippen LogP contribution in [0.2, 0.25) is 0 Å². The second kappa shape index (κ2) is 10.4. The van der Waals surface area contributed by atoms with Gasteiger partial charge in [-0.05, 0) is 33.3 Å². The standard InChI is InChI=1S/C19H25NO5/c1-5-24-18(22)13(3)17(16(14(4)21)19(23)25-6-2)20-12-15-10-8-7-9-11-15/h7-11,13,16H,5-6,12H2,1-4H3. The Balaban J connectivity index is 3.21. The van der Waals surface area contributed by atoms with Crippen molar-refractivity contribution in [1.29, 1.82) is 0 Å². The number of carbonyl (C=O) groups excluding carboxylic acids is 3. The fourth-order valence-electron chi connectivity index (χ4n) is 2.35. The molecule has 0 amide bonds. The quantitative estimate of drug-likeness (QED) is 0.389. The summed E-state index contributed by atoms with van der Waals surface area (Å²) in [6.45, 7) is 6.82. The van der Waals surface area contributed by atoms with Crippen molar-refractivity contribution in [3.8, 4) is 0 Å². The Morgan fingerprint density at radius 1 is 1.00 bits per heavy atom. The van der Waals surface area contributed by atoms with Gasteiger partial charge in [-0.15, -0.1) is 0 Å². The zero-order chi connectivity index (χ0) is 18.8. The topological polar surface area (TPSA) is 82.0 Å². The van der Waals surface area contributed by atoms with Crippen LogP contribution in [0, 0.1) is 11.8 Å². The molecule has 0 aliphatic rings. The van der Waals surface area contributed by atoms with E-state index in [4.69, 9.17) is 9.47 Å². The maximum absolute atomic E-state index is 12.2. The molecule has 2 unspecified atom stereocenters. The molecule has 6 nitrogen and oxygen atoms in total. The second-order valence-corrected chi connectivity index (χ2v) is 5.50. The van der Waals surface area contributed by atoms with E-state index in [0.717, 1.165) is 5.56 Å². The molecule has 0 saturated carbocycles. The van der Waals surface area contributed by atoms with Crippen LogP contribution in [0.5, 0.6) is 0 Å². The lowest BCUT2D eigenvalue weighted by molar-refractivity contribution is -0.148. The van der Waals surface area contributed by atoms with Crippen molar-refractivity contribution in [2.75, 3.05) is 13.2 Å². The van der Waals surface area contributed by atoms with Crippen LogP contribution in [-0.4, -0.2) is 36.6 Å². The van der Waals surface area contributed by atoms with Gasteiger partial charge in [-0.25, -0.2) is 0 Å². The first kappa shape index (κ1) is 20.5. The van der Waals surface area contributed by atoms with Gasteiger partial charge in [-0.1, -0.05) is 30.3 Å². The largest absolute Gasteiger partial charge is 0.465 e. The van der Waals surface area contributed by atoms with Crippen molar-refractivity contribution in [3.63, 3.8) is 0 Å². The second-order valence-electron chi connectivity index (χ2n) is 5.50. The minimum absolute atomic E-state index is 0.141. The number of esters is 2. The molecular weight excluding hydrogens is 322 g/mol. The van der Waals surface area contributed by atoms with E-state index in [9.17, 15) is 14.4 Å². The maximum atomic E-state index is 12.2. The summed E-state index contributed by atoms with van der Waals surface area (Å²) in [6.07, 6.45) is 0. The molecule has 0 bridgehead atoms. The van der Waals surface area contributed by atoms with Gasteiger partial charge in [-0.2, -0.15) is 0 Å². The highest BCUT2D eigenvalue weighted by atomic mass is 16.5. The maximum Gasteiger partial charge on any atom is 0.322 e.